The Morgan fingerprint density at radius 3 is 0.750 bits per heavy atom. The smallest absolute Gasteiger partial charge is 0 e. The Morgan fingerprint density at radius 1 is 0.500 bits per heavy atom. The van der Waals surface area contributed by atoms with E-state index < -0.39 is 0 Å². The van der Waals surface area contributed by atoms with Crippen molar-refractivity contribution in [3.05, 3.63) is 83.5 Å². The molecule has 13 radical (unpaired) electrons. The first-order valence-corrected chi connectivity index (χ1v) is 5.15. The topological polar surface area (TPSA) is 0 Å². The van der Waals surface area contributed by atoms with Gasteiger partial charge < -0.3 is 0 Å². The van der Waals surface area contributed by atoms with E-state index in [1.807, 2.05) is 97.3 Å². The summed E-state index contributed by atoms with van der Waals surface area (Å²) in [6, 6.07) is 0. The molecule has 0 nitrogen and oxygen atoms in total. The first kappa shape index (κ1) is 19.1. The van der Waals surface area contributed by atoms with Gasteiger partial charge in [-0.3, -0.25) is 0 Å². The maximum atomic E-state index is 2.00. The van der Waals surface area contributed by atoms with E-state index >= 15 is 0 Å². The third kappa shape index (κ3) is 17.1. The van der Waals surface area contributed by atoms with E-state index in [1.165, 1.54) is 0 Å². The van der Waals surface area contributed by atoms with E-state index in [1.54, 1.807) is 0 Å². The molecule has 0 N–H and O–H groups in total. The summed E-state index contributed by atoms with van der Waals surface area (Å²) in [6.45, 7) is 4.00. The van der Waals surface area contributed by atoms with Crippen LogP contribution < -0.4 is 0 Å². The number of rotatable bonds is 2. The monoisotopic (exact) mass is 247 g/mol. The molecule has 0 saturated heterocycles. The average molecular weight is 247 g/mol. The summed E-state index contributed by atoms with van der Waals surface area (Å²) in [5.74, 6) is 0. The van der Waals surface area contributed by atoms with Crippen LogP contribution in [0.15, 0.2) is 0 Å². The van der Waals surface area contributed by atoms with E-state index in [-0.39, 0.29) is 21.7 Å². The second-order valence-electron chi connectivity index (χ2n) is 2.78. The van der Waals surface area contributed by atoms with E-state index in [0.717, 1.165) is 0 Å². The van der Waals surface area contributed by atoms with Crippen LogP contribution in [0.2, 0.25) is 0 Å². The summed E-state index contributed by atoms with van der Waals surface area (Å²) in [5.41, 5.74) is 0. The molecule has 0 amide bonds. The molecule has 1 heteroatoms. The summed E-state index contributed by atoms with van der Waals surface area (Å²) < 4.78 is 0. The van der Waals surface area contributed by atoms with Crippen LogP contribution in [0.1, 0.15) is 13.8 Å². The molecule has 0 aromatic heterocycles. The van der Waals surface area contributed by atoms with Crippen molar-refractivity contribution in [2.24, 2.45) is 0 Å². The first-order valence-electron chi connectivity index (χ1n) is 5.15. The fraction of sp³-hybridized carbons (Fsp3) is 0.133. The van der Waals surface area contributed by atoms with Gasteiger partial charge in [-0.25, -0.2) is 0 Å². The SMILES string of the molecule is C[CH][CH][CH]C.[CH]1[CH][CH][CH][CH]1.[CH]1[CH][CH][CH][CH]1.[Ti]. The van der Waals surface area contributed by atoms with E-state index in [2.05, 4.69) is 0 Å². The normalized spacial score (nSPS) is 17.6. The largest absolute Gasteiger partial charge is 0.0620 e. The molecule has 2 aliphatic rings. The Hall–Kier alpha value is 0.714. The van der Waals surface area contributed by atoms with Crippen molar-refractivity contribution in [2.45, 2.75) is 13.8 Å². The minimum Gasteiger partial charge on any atom is -0.0620 e. The van der Waals surface area contributed by atoms with Crippen molar-refractivity contribution in [1.82, 2.24) is 0 Å². The summed E-state index contributed by atoms with van der Waals surface area (Å²) >= 11 is 0. The average Bonchev–Trinajstić information content (AvgIpc) is 2.99. The summed E-state index contributed by atoms with van der Waals surface area (Å²) in [6.07, 6.45) is 26.0. The van der Waals surface area contributed by atoms with Crippen molar-refractivity contribution in [3.63, 3.8) is 0 Å². The van der Waals surface area contributed by atoms with Gasteiger partial charge in [0.15, 0.2) is 0 Å². The van der Waals surface area contributed by atoms with Gasteiger partial charge in [0.1, 0.15) is 0 Å². The molecular weight excluding hydrogens is 228 g/mol. The predicted octanol–water partition coefficient (Wildman–Crippen LogP) is 3.68. The summed E-state index contributed by atoms with van der Waals surface area (Å²) in [5, 5.41) is 0. The van der Waals surface area contributed by atoms with Crippen LogP contribution in [0, 0.1) is 83.5 Å². The van der Waals surface area contributed by atoms with E-state index in [4.69, 9.17) is 0 Å². The second-order valence-corrected chi connectivity index (χ2v) is 2.78. The molecule has 0 aromatic carbocycles. The van der Waals surface area contributed by atoms with Crippen molar-refractivity contribution < 1.29 is 21.7 Å². The summed E-state index contributed by atoms with van der Waals surface area (Å²) in [4.78, 5) is 0. The Labute approximate surface area is 119 Å². The van der Waals surface area contributed by atoms with Gasteiger partial charge in [-0.2, -0.15) is 0 Å². The van der Waals surface area contributed by atoms with Gasteiger partial charge in [0.2, 0.25) is 0 Å². The number of hydrogen-bond donors (Lipinski definition) is 0. The summed E-state index contributed by atoms with van der Waals surface area (Å²) in [7, 11) is 0. The van der Waals surface area contributed by atoms with Crippen LogP contribution in [0.3, 0.4) is 0 Å². The van der Waals surface area contributed by atoms with Crippen LogP contribution in [0.4, 0.5) is 0 Å². The number of unbranched alkanes of at least 4 members (excludes halogenated alkanes) is 2. The molecule has 2 rings (SSSR count). The molecule has 2 fully saturated rings. The molecule has 0 atom stereocenters. The predicted molar refractivity (Wildman–Crippen MR) is 67.2 cm³/mol. The number of hydrogen-bond acceptors (Lipinski definition) is 0. The minimum absolute atomic E-state index is 0. The Bertz CT molecular complexity index is 66.4. The Kier molecular flexibility index (Phi) is 21.6. The van der Waals surface area contributed by atoms with Crippen molar-refractivity contribution >= 4 is 0 Å². The molecule has 83 valence electrons. The van der Waals surface area contributed by atoms with Gasteiger partial charge in [-0.15, -0.1) is 0 Å². The van der Waals surface area contributed by atoms with Gasteiger partial charge in [-0.1, -0.05) is 13.8 Å². The standard InChI is InChI=1S/2C5H5.C5H9.Ti/c2*1-2-4-5-3-1;1-3-5-4-2;/h2*1-5H;3-5H,1-2H3;. The fourth-order valence-electron chi connectivity index (χ4n) is 0.834. The third-order valence-electron chi connectivity index (χ3n) is 1.50. The van der Waals surface area contributed by atoms with Crippen LogP contribution in [0.25, 0.3) is 0 Å². The molecule has 2 saturated carbocycles. The molecule has 0 bridgehead atoms. The fourth-order valence-corrected chi connectivity index (χ4v) is 0.834. The first-order chi connectivity index (χ1) is 7.41. The van der Waals surface area contributed by atoms with E-state index in [0.29, 0.717) is 0 Å². The molecule has 0 unspecified atom stereocenters. The molecule has 0 aliphatic heterocycles. The molecule has 0 spiro atoms. The Balaban J connectivity index is 0. The van der Waals surface area contributed by atoms with Gasteiger partial charge in [0.05, 0.1) is 0 Å². The van der Waals surface area contributed by atoms with Crippen molar-refractivity contribution in [2.75, 3.05) is 0 Å². The zero-order chi connectivity index (χ0) is 11.2. The minimum atomic E-state index is 0. The zero-order valence-electron chi connectivity index (χ0n) is 10.0. The van der Waals surface area contributed by atoms with Crippen LogP contribution in [0.5, 0.6) is 0 Å². The molecule has 0 aromatic rings. The molecule has 0 heterocycles. The maximum absolute atomic E-state index is 2.00. The zero-order valence-corrected chi connectivity index (χ0v) is 11.6. The van der Waals surface area contributed by atoms with Gasteiger partial charge in [0.25, 0.3) is 0 Å². The molecular formula is C15H19Ti. The van der Waals surface area contributed by atoms with Gasteiger partial charge >= 0.3 is 0 Å². The Morgan fingerprint density at radius 2 is 0.688 bits per heavy atom. The van der Waals surface area contributed by atoms with Crippen LogP contribution >= 0.6 is 0 Å². The van der Waals surface area contributed by atoms with Gasteiger partial charge in [-0.05, 0) is 83.5 Å². The van der Waals surface area contributed by atoms with E-state index in [9.17, 15) is 0 Å². The van der Waals surface area contributed by atoms with Crippen LogP contribution in [-0.2, 0) is 21.7 Å². The van der Waals surface area contributed by atoms with Gasteiger partial charge in [0, 0.05) is 21.7 Å². The van der Waals surface area contributed by atoms with Crippen molar-refractivity contribution in [3.8, 4) is 0 Å². The molecule has 2 aliphatic carbocycles. The van der Waals surface area contributed by atoms with Crippen molar-refractivity contribution in [1.29, 1.82) is 0 Å². The molecule has 16 heavy (non-hydrogen) atoms. The third-order valence-corrected chi connectivity index (χ3v) is 1.50. The maximum Gasteiger partial charge on any atom is 0 e. The quantitative estimate of drug-likeness (QED) is 0.653. The van der Waals surface area contributed by atoms with Crippen LogP contribution in [-0.4, -0.2) is 0 Å². The second kappa shape index (κ2) is 18.1.